The van der Waals surface area contributed by atoms with E-state index in [4.69, 9.17) is 0 Å². The molecule has 0 N–H and O–H groups in total. The number of rotatable bonds is 2. The van der Waals surface area contributed by atoms with Gasteiger partial charge >= 0.3 is 0 Å². The summed E-state index contributed by atoms with van der Waals surface area (Å²) >= 11 is 0. The number of benzene rings is 5. The first-order valence-electron chi connectivity index (χ1n) is 10.4. The molecule has 0 radical (unpaired) electrons. The first kappa shape index (κ1) is 19.9. The first-order chi connectivity index (χ1) is 14.4. The molecule has 5 aromatic carbocycles. The van der Waals surface area contributed by atoms with Gasteiger partial charge in [0.15, 0.2) is 0 Å². The van der Waals surface area contributed by atoms with Gasteiger partial charge in [-0.1, -0.05) is 91.5 Å². The summed E-state index contributed by atoms with van der Waals surface area (Å²) in [6.45, 7) is 16.2. The van der Waals surface area contributed by atoms with Crippen LogP contribution in [-0.2, 0) is 0 Å². The van der Waals surface area contributed by atoms with Gasteiger partial charge in [-0.15, -0.1) is 0 Å². The van der Waals surface area contributed by atoms with Crippen molar-refractivity contribution in [3.63, 3.8) is 0 Å². The van der Waals surface area contributed by atoms with E-state index < -0.39 is 0 Å². The van der Waals surface area contributed by atoms with Gasteiger partial charge in [-0.05, 0) is 87.8 Å². The molecule has 0 heterocycles. The summed E-state index contributed by atoms with van der Waals surface area (Å²) in [6, 6.07) is 24.1. The Morgan fingerprint density at radius 2 is 1.17 bits per heavy atom. The van der Waals surface area contributed by atoms with Crippen molar-refractivity contribution in [1.29, 1.82) is 0 Å². The largest absolute Gasteiger partial charge is 0.0984 e. The van der Waals surface area contributed by atoms with Crippen molar-refractivity contribution >= 4 is 44.0 Å². The molecule has 5 rings (SSSR count). The van der Waals surface area contributed by atoms with E-state index in [-0.39, 0.29) is 0 Å². The monoisotopic (exact) mass is 388 g/mol. The van der Waals surface area contributed by atoms with Gasteiger partial charge in [0.05, 0.1) is 0 Å². The van der Waals surface area contributed by atoms with E-state index in [1.807, 2.05) is 19.1 Å². The lowest BCUT2D eigenvalue weighted by Gasteiger charge is -2.13. The lowest BCUT2D eigenvalue weighted by atomic mass is 9.91. The molecule has 0 spiro atoms. The fourth-order valence-electron chi connectivity index (χ4n) is 4.42. The summed E-state index contributed by atoms with van der Waals surface area (Å²) in [5.41, 5.74) is 7.46. The molecule has 0 nitrogen and oxygen atoms in total. The van der Waals surface area contributed by atoms with E-state index in [0.717, 1.165) is 5.57 Å². The minimum absolute atomic E-state index is 1.09. The van der Waals surface area contributed by atoms with Gasteiger partial charge in [0.1, 0.15) is 0 Å². The Morgan fingerprint density at radius 1 is 0.667 bits per heavy atom. The van der Waals surface area contributed by atoms with Crippen molar-refractivity contribution in [2.45, 2.75) is 27.7 Å². The maximum atomic E-state index is 3.93. The zero-order chi connectivity index (χ0) is 21.4. The van der Waals surface area contributed by atoms with Crippen LogP contribution in [0.25, 0.3) is 44.0 Å². The van der Waals surface area contributed by atoms with E-state index in [0.29, 0.717) is 0 Å². The van der Waals surface area contributed by atoms with Gasteiger partial charge in [0.25, 0.3) is 0 Å². The van der Waals surface area contributed by atoms with Crippen molar-refractivity contribution in [2.24, 2.45) is 0 Å². The molecule has 0 amide bonds. The Balaban J connectivity index is 0.000000159. The van der Waals surface area contributed by atoms with E-state index >= 15 is 0 Å². The van der Waals surface area contributed by atoms with Crippen molar-refractivity contribution < 1.29 is 0 Å². The van der Waals surface area contributed by atoms with Gasteiger partial charge in [-0.2, -0.15) is 0 Å². The molecule has 0 atom stereocenters. The van der Waals surface area contributed by atoms with Crippen LogP contribution in [0.2, 0.25) is 0 Å². The highest BCUT2D eigenvalue weighted by atomic mass is 14.1. The number of hydrogen-bond acceptors (Lipinski definition) is 0. The topological polar surface area (TPSA) is 0 Å². The van der Waals surface area contributed by atoms with E-state index in [2.05, 4.69) is 94.6 Å². The van der Waals surface area contributed by atoms with Crippen molar-refractivity contribution in [1.82, 2.24) is 0 Å². The quantitative estimate of drug-likeness (QED) is 0.265. The Bertz CT molecular complexity index is 1320. The summed E-state index contributed by atoms with van der Waals surface area (Å²) in [4.78, 5) is 0. The number of allylic oxidation sites excluding steroid dienone is 1. The van der Waals surface area contributed by atoms with Crippen LogP contribution in [0, 0.1) is 20.8 Å². The molecule has 0 aliphatic rings. The fourth-order valence-corrected chi connectivity index (χ4v) is 4.42. The molecular formula is C30H28. The Hall–Kier alpha value is -3.38. The van der Waals surface area contributed by atoms with Crippen LogP contribution in [0.15, 0.2) is 79.9 Å². The van der Waals surface area contributed by atoms with E-state index in [1.54, 1.807) is 0 Å². The standard InChI is InChI=1S/C18H14.C12H14/c1-11-3-5-13-8-10-16-12(2)4-6-14-7-9-15(11)17(13)18(14)16;1-5-11-10(4)7-6-8-12(11)9(2)3/h3-10H,1-2H3;5-8H,1-2H2,3-4H3. The molecule has 0 aromatic heterocycles. The predicted octanol–water partition coefficient (Wildman–Crippen LogP) is 8.87. The van der Waals surface area contributed by atoms with E-state index in [9.17, 15) is 0 Å². The average molecular weight is 389 g/mol. The normalized spacial score (nSPS) is 10.9. The summed E-state index contributed by atoms with van der Waals surface area (Å²) < 4.78 is 0. The second kappa shape index (κ2) is 7.80. The third-order valence-corrected chi connectivity index (χ3v) is 6.09. The van der Waals surface area contributed by atoms with Crippen LogP contribution in [-0.4, -0.2) is 0 Å². The number of hydrogen-bond donors (Lipinski definition) is 0. The highest BCUT2D eigenvalue weighted by Crippen LogP contribution is 2.36. The Labute approximate surface area is 179 Å². The SMILES string of the molecule is C=Cc1c(C)cccc1C(=C)C.Cc1ccc2ccc3c(C)ccc4ccc1c2c43. The fraction of sp³-hybridized carbons (Fsp3) is 0.133. The van der Waals surface area contributed by atoms with Crippen LogP contribution in [0.1, 0.15) is 34.7 Å². The van der Waals surface area contributed by atoms with Gasteiger partial charge in [-0.3, -0.25) is 0 Å². The molecule has 0 fully saturated rings. The average Bonchev–Trinajstić information content (AvgIpc) is 2.75. The molecule has 0 aliphatic carbocycles. The summed E-state index contributed by atoms with van der Waals surface area (Å²) in [6.07, 6.45) is 1.89. The lowest BCUT2D eigenvalue weighted by molar-refractivity contribution is 1.41. The third-order valence-electron chi connectivity index (χ3n) is 6.09. The Kier molecular flexibility index (Phi) is 5.18. The van der Waals surface area contributed by atoms with Gasteiger partial charge < -0.3 is 0 Å². The van der Waals surface area contributed by atoms with Crippen LogP contribution < -0.4 is 0 Å². The molecule has 30 heavy (non-hydrogen) atoms. The molecule has 5 aromatic rings. The molecule has 0 bridgehead atoms. The Morgan fingerprint density at radius 3 is 1.60 bits per heavy atom. The highest BCUT2D eigenvalue weighted by molar-refractivity contribution is 6.24. The van der Waals surface area contributed by atoms with Crippen LogP contribution in [0.5, 0.6) is 0 Å². The lowest BCUT2D eigenvalue weighted by Crippen LogP contribution is -1.87. The second-order valence-electron chi connectivity index (χ2n) is 8.21. The van der Waals surface area contributed by atoms with Gasteiger partial charge in [0.2, 0.25) is 0 Å². The molecule has 0 saturated heterocycles. The maximum absolute atomic E-state index is 3.93. The van der Waals surface area contributed by atoms with E-state index in [1.165, 1.54) is 60.1 Å². The van der Waals surface area contributed by atoms with Gasteiger partial charge in [-0.25, -0.2) is 0 Å². The predicted molar refractivity (Wildman–Crippen MR) is 136 cm³/mol. The molecule has 148 valence electrons. The van der Waals surface area contributed by atoms with Crippen LogP contribution >= 0.6 is 0 Å². The summed E-state index contributed by atoms with van der Waals surface area (Å²) in [5, 5.41) is 8.31. The third kappa shape index (κ3) is 3.29. The second-order valence-corrected chi connectivity index (χ2v) is 8.21. The van der Waals surface area contributed by atoms with Crippen LogP contribution in [0.4, 0.5) is 0 Å². The van der Waals surface area contributed by atoms with Crippen molar-refractivity contribution in [3.05, 3.63) is 108 Å². The molecule has 0 heteroatoms. The molecule has 0 saturated carbocycles. The van der Waals surface area contributed by atoms with Crippen molar-refractivity contribution in [2.75, 3.05) is 0 Å². The molecular weight excluding hydrogens is 360 g/mol. The minimum atomic E-state index is 1.09. The van der Waals surface area contributed by atoms with Crippen LogP contribution in [0.3, 0.4) is 0 Å². The summed E-state index contributed by atoms with van der Waals surface area (Å²) in [5.74, 6) is 0. The first-order valence-corrected chi connectivity index (χ1v) is 10.4. The van der Waals surface area contributed by atoms with Gasteiger partial charge in [0, 0.05) is 0 Å². The zero-order valence-corrected chi connectivity index (χ0v) is 18.3. The smallest absolute Gasteiger partial charge is 0.00240 e. The molecule has 0 unspecified atom stereocenters. The minimum Gasteiger partial charge on any atom is -0.0984 e. The maximum Gasteiger partial charge on any atom is -0.00240 e. The molecule has 0 aliphatic heterocycles. The van der Waals surface area contributed by atoms with Crippen molar-refractivity contribution in [3.8, 4) is 0 Å². The number of aryl methyl sites for hydroxylation is 3. The zero-order valence-electron chi connectivity index (χ0n) is 18.3. The highest BCUT2D eigenvalue weighted by Gasteiger charge is 2.10. The summed E-state index contributed by atoms with van der Waals surface area (Å²) in [7, 11) is 0.